The first kappa shape index (κ1) is 23.1. The maximum absolute atomic E-state index is 13.0. The van der Waals surface area contributed by atoms with E-state index in [-0.39, 0.29) is 35.7 Å². The van der Waals surface area contributed by atoms with E-state index < -0.39 is 11.1 Å². The molecule has 0 radical (unpaired) electrons. The Labute approximate surface area is 207 Å². The van der Waals surface area contributed by atoms with E-state index in [1.54, 1.807) is 36.4 Å². The molecule has 1 saturated heterocycles. The number of thioether (sulfide) groups is 1. The SMILES string of the molecule is O=C(Cn1cc(/C=C2\SC(=O)N(CC(=O)c3ccccc3)C2=O)c2ccccc21)NC1CCCC1. The van der Waals surface area contributed by atoms with Gasteiger partial charge >= 0.3 is 0 Å². The smallest absolute Gasteiger partial charge is 0.293 e. The highest BCUT2D eigenvalue weighted by molar-refractivity contribution is 8.18. The molecule has 0 spiro atoms. The fourth-order valence-corrected chi connectivity index (χ4v) is 5.48. The number of hydrogen-bond acceptors (Lipinski definition) is 5. The molecule has 1 N–H and O–H groups in total. The van der Waals surface area contributed by atoms with Crippen LogP contribution in [-0.4, -0.2) is 44.9 Å². The number of amides is 3. The third-order valence-corrected chi connectivity index (χ3v) is 7.32. The number of fused-ring (bicyclic) bond motifs is 1. The Hall–Kier alpha value is -3.65. The lowest BCUT2D eigenvalue weighted by Gasteiger charge is -2.12. The van der Waals surface area contributed by atoms with E-state index in [0.717, 1.165) is 58.8 Å². The van der Waals surface area contributed by atoms with Crippen LogP contribution in [0.15, 0.2) is 65.7 Å². The van der Waals surface area contributed by atoms with E-state index >= 15 is 0 Å². The summed E-state index contributed by atoms with van der Waals surface area (Å²) in [6, 6.07) is 16.5. The zero-order chi connectivity index (χ0) is 24.4. The van der Waals surface area contributed by atoms with Gasteiger partial charge in [-0.15, -0.1) is 0 Å². The molecular weight excluding hydrogens is 462 g/mol. The second-order valence-corrected chi connectivity index (χ2v) is 9.83. The second-order valence-electron chi connectivity index (χ2n) is 8.84. The van der Waals surface area contributed by atoms with Crippen molar-refractivity contribution in [3.8, 4) is 0 Å². The van der Waals surface area contributed by atoms with E-state index in [1.165, 1.54) is 0 Å². The first-order chi connectivity index (χ1) is 17.0. The molecule has 7 nitrogen and oxygen atoms in total. The van der Waals surface area contributed by atoms with Gasteiger partial charge in [0.25, 0.3) is 11.1 Å². The molecule has 3 aromatic rings. The van der Waals surface area contributed by atoms with Crippen LogP contribution >= 0.6 is 11.8 Å². The number of hydrogen-bond donors (Lipinski definition) is 1. The van der Waals surface area contributed by atoms with Crippen LogP contribution < -0.4 is 5.32 Å². The first-order valence-corrected chi connectivity index (χ1v) is 12.5. The highest BCUT2D eigenvalue weighted by Gasteiger charge is 2.36. The van der Waals surface area contributed by atoms with Gasteiger partial charge in [-0.2, -0.15) is 0 Å². The summed E-state index contributed by atoms with van der Waals surface area (Å²) in [6.07, 6.45) is 7.84. The first-order valence-electron chi connectivity index (χ1n) is 11.7. The molecule has 0 unspecified atom stereocenters. The summed E-state index contributed by atoms with van der Waals surface area (Å²) in [5.41, 5.74) is 2.07. The fourth-order valence-electron chi connectivity index (χ4n) is 4.66. The summed E-state index contributed by atoms with van der Waals surface area (Å²) in [4.78, 5) is 52.0. The third kappa shape index (κ3) is 4.93. The Morgan fingerprint density at radius 1 is 0.971 bits per heavy atom. The average molecular weight is 488 g/mol. The van der Waals surface area contributed by atoms with Gasteiger partial charge in [0.1, 0.15) is 6.54 Å². The number of nitrogens with one attached hydrogen (secondary N) is 1. The molecule has 178 valence electrons. The number of carbonyl (C=O) groups is 4. The van der Waals surface area contributed by atoms with Gasteiger partial charge in [0.05, 0.1) is 11.4 Å². The zero-order valence-corrected chi connectivity index (χ0v) is 19.9. The van der Waals surface area contributed by atoms with Gasteiger partial charge in [0.2, 0.25) is 5.91 Å². The summed E-state index contributed by atoms with van der Waals surface area (Å²) in [6.45, 7) is -0.118. The van der Waals surface area contributed by atoms with Crippen molar-refractivity contribution in [3.05, 3.63) is 76.8 Å². The van der Waals surface area contributed by atoms with Crippen LogP contribution in [0.1, 0.15) is 41.6 Å². The molecule has 2 heterocycles. The summed E-state index contributed by atoms with van der Waals surface area (Å²) >= 11 is 0.825. The number of benzene rings is 2. The molecule has 1 saturated carbocycles. The Balaban J connectivity index is 1.36. The number of Topliss-reactive ketones (excluding diaryl/α,β-unsaturated/α-hetero) is 1. The number of para-hydroxylation sites is 1. The highest BCUT2D eigenvalue weighted by Crippen LogP contribution is 2.34. The predicted molar refractivity (Wildman–Crippen MR) is 136 cm³/mol. The van der Waals surface area contributed by atoms with E-state index in [2.05, 4.69) is 5.32 Å². The van der Waals surface area contributed by atoms with Crippen LogP contribution in [0.25, 0.3) is 17.0 Å². The monoisotopic (exact) mass is 487 g/mol. The van der Waals surface area contributed by atoms with Gasteiger partial charge in [0, 0.05) is 34.3 Å². The number of aromatic nitrogens is 1. The van der Waals surface area contributed by atoms with Gasteiger partial charge in [-0.3, -0.25) is 24.1 Å². The van der Waals surface area contributed by atoms with Crippen molar-refractivity contribution in [3.63, 3.8) is 0 Å². The number of rotatable bonds is 7. The number of carbonyl (C=O) groups excluding carboxylic acids is 4. The molecule has 1 aliphatic heterocycles. The van der Waals surface area contributed by atoms with E-state index in [4.69, 9.17) is 0 Å². The molecule has 2 aliphatic rings. The van der Waals surface area contributed by atoms with E-state index in [0.29, 0.717) is 5.56 Å². The van der Waals surface area contributed by atoms with Crippen LogP contribution in [0.2, 0.25) is 0 Å². The number of nitrogens with zero attached hydrogens (tertiary/aromatic N) is 2. The van der Waals surface area contributed by atoms with Gasteiger partial charge in [-0.1, -0.05) is 61.4 Å². The van der Waals surface area contributed by atoms with Crippen molar-refractivity contribution in [2.24, 2.45) is 0 Å². The number of imide groups is 1. The van der Waals surface area contributed by atoms with Crippen LogP contribution in [0.3, 0.4) is 0 Å². The predicted octanol–water partition coefficient (Wildman–Crippen LogP) is 4.62. The molecular formula is C27H25N3O4S. The molecule has 35 heavy (non-hydrogen) atoms. The number of ketones is 1. The normalized spacial score (nSPS) is 17.6. The van der Waals surface area contributed by atoms with Crippen LogP contribution in [-0.2, 0) is 16.1 Å². The Morgan fingerprint density at radius 2 is 1.69 bits per heavy atom. The van der Waals surface area contributed by atoms with Gasteiger partial charge in [-0.05, 0) is 36.7 Å². The minimum absolute atomic E-state index is 0.0380. The molecule has 5 rings (SSSR count). The summed E-state index contributed by atoms with van der Waals surface area (Å²) in [5.74, 6) is -0.817. The molecule has 0 bridgehead atoms. The summed E-state index contributed by atoms with van der Waals surface area (Å²) in [5, 5.41) is 3.52. The van der Waals surface area contributed by atoms with E-state index in [1.807, 2.05) is 35.0 Å². The molecule has 1 aliphatic carbocycles. The lowest BCUT2D eigenvalue weighted by Crippen LogP contribution is -2.35. The molecule has 2 aromatic carbocycles. The topological polar surface area (TPSA) is 88.5 Å². The minimum Gasteiger partial charge on any atom is -0.352 e. The third-order valence-electron chi connectivity index (χ3n) is 6.41. The van der Waals surface area contributed by atoms with E-state index in [9.17, 15) is 19.2 Å². The molecule has 1 aromatic heterocycles. The maximum atomic E-state index is 13.0. The summed E-state index contributed by atoms with van der Waals surface area (Å²) < 4.78 is 1.87. The molecule has 2 fully saturated rings. The van der Waals surface area contributed by atoms with Crippen molar-refractivity contribution < 1.29 is 19.2 Å². The van der Waals surface area contributed by atoms with Gasteiger partial charge < -0.3 is 9.88 Å². The van der Waals surface area contributed by atoms with Crippen molar-refractivity contribution in [2.45, 2.75) is 38.3 Å². The Morgan fingerprint density at radius 3 is 2.46 bits per heavy atom. The molecule has 3 amide bonds. The quantitative estimate of drug-likeness (QED) is 0.388. The Bertz CT molecular complexity index is 1340. The van der Waals surface area contributed by atoms with Gasteiger partial charge in [-0.25, -0.2) is 0 Å². The van der Waals surface area contributed by atoms with Crippen LogP contribution in [0.5, 0.6) is 0 Å². The van der Waals surface area contributed by atoms with Crippen LogP contribution in [0, 0.1) is 0 Å². The molecule has 0 atom stereocenters. The second kappa shape index (κ2) is 9.92. The summed E-state index contributed by atoms with van der Waals surface area (Å²) in [7, 11) is 0. The van der Waals surface area contributed by atoms with Crippen molar-refractivity contribution in [1.29, 1.82) is 0 Å². The van der Waals surface area contributed by atoms with Crippen molar-refractivity contribution in [1.82, 2.24) is 14.8 Å². The van der Waals surface area contributed by atoms with Gasteiger partial charge in [0.15, 0.2) is 5.78 Å². The maximum Gasteiger partial charge on any atom is 0.293 e. The Kier molecular flexibility index (Phi) is 6.55. The lowest BCUT2D eigenvalue weighted by atomic mass is 10.1. The standard InChI is InChI=1S/C27H25N3O4S/c31-23(18-8-2-1-3-9-18)16-30-26(33)24(35-27(30)34)14-19-15-29(22-13-7-6-12-21(19)22)17-25(32)28-20-10-4-5-11-20/h1-3,6-9,12-15,20H,4-5,10-11,16-17H2,(H,28,32)/b24-14-. The van der Waals surface area contributed by atoms with Crippen molar-refractivity contribution >= 4 is 51.6 Å². The molecule has 8 heteroatoms. The largest absolute Gasteiger partial charge is 0.352 e. The fraction of sp³-hybridized carbons (Fsp3) is 0.259. The van der Waals surface area contributed by atoms with Crippen LogP contribution in [0.4, 0.5) is 4.79 Å². The lowest BCUT2D eigenvalue weighted by molar-refractivity contribution is -0.123. The van der Waals surface area contributed by atoms with Crippen molar-refractivity contribution in [2.75, 3.05) is 6.54 Å². The average Bonchev–Trinajstić information content (AvgIpc) is 3.56. The highest BCUT2D eigenvalue weighted by atomic mass is 32.2. The minimum atomic E-state index is -0.486. The zero-order valence-electron chi connectivity index (χ0n) is 19.1.